The Morgan fingerprint density at radius 1 is 1.39 bits per heavy atom. The molecular weight excluding hydrogens is 228 g/mol. The third-order valence-corrected chi connectivity index (χ3v) is 3.73. The van der Waals surface area contributed by atoms with Gasteiger partial charge in [-0.1, -0.05) is 26.2 Å². The molecule has 1 atom stereocenters. The highest BCUT2D eigenvalue weighted by molar-refractivity contribution is 5.75. The first-order valence-corrected chi connectivity index (χ1v) is 7.17. The van der Waals surface area contributed by atoms with Crippen LogP contribution >= 0.6 is 0 Å². The zero-order valence-corrected chi connectivity index (χ0v) is 12.1. The average molecular weight is 256 g/mol. The minimum Gasteiger partial charge on any atom is -0.468 e. The number of nitrogens with one attached hydrogen (secondary N) is 1. The summed E-state index contributed by atoms with van der Waals surface area (Å²) in [7, 11) is 3.55. The quantitative estimate of drug-likeness (QED) is 0.703. The summed E-state index contributed by atoms with van der Waals surface area (Å²) in [5.74, 6) is 0.649. The number of likely N-dealkylation sites (N-methyl/N-ethyl adjacent to an activating group) is 2. The second-order valence-corrected chi connectivity index (χ2v) is 5.36. The Bertz CT molecular complexity index is 240. The van der Waals surface area contributed by atoms with E-state index in [9.17, 15) is 4.79 Å². The van der Waals surface area contributed by atoms with Crippen LogP contribution in [0.1, 0.15) is 39.0 Å². The Kier molecular flexibility index (Phi) is 7.28. The molecule has 0 saturated heterocycles. The predicted octanol–water partition coefficient (Wildman–Crippen LogP) is 1.65. The summed E-state index contributed by atoms with van der Waals surface area (Å²) in [6.07, 6.45) is 6.81. The first-order valence-electron chi connectivity index (χ1n) is 7.17. The van der Waals surface area contributed by atoms with E-state index in [1.807, 2.05) is 6.92 Å². The molecule has 0 spiro atoms. The van der Waals surface area contributed by atoms with Gasteiger partial charge in [0.25, 0.3) is 0 Å². The molecule has 0 aromatic heterocycles. The highest BCUT2D eigenvalue weighted by Crippen LogP contribution is 2.24. The van der Waals surface area contributed by atoms with E-state index < -0.39 is 0 Å². The van der Waals surface area contributed by atoms with Gasteiger partial charge in [0.15, 0.2) is 0 Å². The molecule has 4 heteroatoms. The van der Waals surface area contributed by atoms with Gasteiger partial charge in [0, 0.05) is 13.1 Å². The lowest BCUT2D eigenvalue weighted by molar-refractivity contribution is -0.143. The van der Waals surface area contributed by atoms with E-state index in [2.05, 4.69) is 17.3 Å². The molecule has 0 aromatic carbocycles. The lowest BCUT2D eigenvalue weighted by atomic mass is 9.89. The number of esters is 1. The SMILES string of the molecule is CCNC(CN(C)CC1CCCCC1)C(=O)OC. The molecule has 1 fully saturated rings. The maximum Gasteiger partial charge on any atom is 0.324 e. The van der Waals surface area contributed by atoms with Gasteiger partial charge in [0.05, 0.1) is 7.11 Å². The third kappa shape index (κ3) is 5.36. The molecule has 1 saturated carbocycles. The van der Waals surface area contributed by atoms with Crippen molar-refractivity contribution in [3.05, 3.63) is 0 Å². The number of carbonyl (C=O) groups excluding carboxylic acids is 1. The van der Waals surface area contributed by atoms with Crippen LogP contribution in [-0.2, 0) is 9.53 Å². The van der Waals surface area contributed by atoms with E-state index in [-0.39, 0.29) is 12.0 Å². The van der Waals surface area contributed by atoms with Crippen molar-refractivity contribution in [2.45, 2.75) is 45.1 Å². The third-order valence-electron chi connectivity index (χ3n) is 3.73. The Labute approximate surface area is 111 Å². The normalized spacial score (nSPS) is 18.9. The van der Waals surface area contributed by atoms with Crippen LogP contribution in [0.5, 0.6) is 0 Å². The van der Waals surface area contributed by atoms with Crippen LogP contribution in [0.3, 0.4) is 0 Å². The second kappa shape index (κ2) is 8.48. The van der Waals surface area contributed by atoms with Gasteiger partial charge in [0.1, 0.15) is 6.04 Å². The van der Waals surface area contributed by atoms with E-state index in [0.29, 0.717) is 0 Å². The first kappa shape index (κ1) is 15.4. The van der Waals surface area contributed by atoms with E-state index in [4.69, 9.17) is 4.74 Å². The Morgan fingerprint density at radius 2 is 2.06 bits per heavy atom. The molecule has 18 heavy (non-hydrogen) atoms. The van der Waals surface area contributed by atoms with Crippen LogP contribution < -0.4 is 5.32 Å². The van der Waals surface area contributed by atoms with Crippen LogP contribution in [0.4, 0.5) is 0 Å². The number of nitrogens with zero attached hydrogens (tertiary/aromatic N) is 1. The smallest absolute Gasteiger partial charge is 0.324 e. The number of hydrogen-bond acceptors (Lipinski definition) is 4. The molecule has 1 aliphatic rings. The van der Waals surface area contributed by atoms with Gasteiger partial charge in [0.2, 0.25) is 0 Å². The minimum atomic E-state index is -0.200. The highest BCUT2D eigenvalue weighted by Gasteiger charge is 2.22. The second-order valence-electron chi connectivity index (χ2n) is 5.36. The fourth-order valence-corrected chi connectivity index (χ4v) is 2.81. The molecule has 1 aliphatic carbocycles. The summed E-state index contributed by atoms with van der Waals surface area (Å²) in [6, 6.07) is -0.200. The van der Waals surface area contributed by atoms with Gasteiger partial charge in [-0.3, -0.25) is 4.79 Å². The molecule has 0 bridgehead atoms. The molecule has 1 N–H and O–H groups in total. The van der Waals surface area contributed by atoms with Gasteiger partial charge < -0.3 is 15.0 Å². The average Bonchev–Trinajstić information content (AvgIpc) is 2.38. The topological polar surface area (TPSA) is 41.6 Å². The standard InChI is InChI=1S/C14H28N2O2/c1-4-15-13(14(17)18-3)11-16(2)10-12-8-6-5-7-9-12/h12-13,15H,4-11H2,1-3H3. The molecule has 0 aliphatic heterocycles. The maximum atomic E-state index is 11.6. The summed E-state index contributed by atoms with van der Waals surface area (Å²) < 4.78 is 4.83. The molecule has 1 unspecified atom stereocenters. The predicted molar refractivity (Wildman–Crippen MR) is 73.6 cm³/mol. The van der Waals surface area contributed by atoms with Crippen LogP contribution in [-0.4, -0.2) is 50.7 Å². The number of carbonyl (C=O) groups is 1. The molecule has 0 radical (unpaired) electrons. The van der Waals surface area contributed by atoms with Crippen molar-refractivity contribution in [3.8, 4) is 0 Å². The molecular formula is C14H28N2O2. The van der Waals surface area contributed by atoms with Crippen molar-refractivity contribution in [2.24, 2.45) is 5.92 Å². The van der Waals surface area contributed by atoms with Gasteiger partial charge in [-0.25, -0.2) is 0 Å². The van der Waals surface area contributed by atoms with E-state index in [1.165, 1.54) is 39.2 Å². The van der Waals surface area contributed by atoms with Gasteiger partial charge in [-0.2, -0.15) is 0 Å². The maximum absolute atomic E-state index is 11.6. The van der Waals surface area contributed by atoms with Crippen molar-refractivity contribution >= 4 is 5.97 Å². The van der Waals surface area contributed by atoms with Crippen molar-refractivity contribution in [3.63, 3.8) is 0 Å². The van der Waals surface area contributed by atoms with E-state index >= 15 is 0 Å². The minimum absolute atomic E-state index is 0.160. The van der Waals surface area contributed by atoms with Crippen LogP contribution in [0.25, 0.3) is 0 Å². The lowest BCUT2D eigenvalue weighted by Gasteiger charge is -2.29. The van der Waals surface area contributed by atoms with Crippen molar-refractivity contribution < 1.29 is 9.53 Å². The monoisotopic (exact) mass is 256 g/mol. The van der Waals surface area contributed by atoms with Gasteiger partial charge in [-0.05, 0) is 32.4 Å². The Morgan fingerprint density at radius 3 is 2.61 bits per heavy atom. The largest absolute Gasteiger partial charge is 0.468 e. The molecule has 0 amide bonds. The summed E-state index contributed by atoms with van der Waals surface area (Å²) >= 11 is 0. The zero-order valence-electron chi connectivity index (χ0n) is 12.1. The number of ether oxygens (including phenoxy) is 1. The van der Waals surface area contributed by atoms with Gasteiger partial charge in [-0.15, -0.1) is 0 Å². The molecule has 1 rings (SSSR count). The number of methoxy groups -OCH3 is 1. The van der Waals surface area contributed by atoms with Gasteiger partial charge >= 0.3 is 5.97 Å². The van der Waals surface area contributed by atoms with E-state index in [1.54, 1.807) is 0 Å². The fraction of sp³-hybridized carbons (Fsp3) is 0.929. The number of rotatable bonds is 7. The van der Waals surface area contributed by atoms with E-state index in [0.717, 1.165) is 25.6 Å². The molecule has 106 valence electrons. The molecule has 0 heterocycles. The highest BCUT2D eigenvalue weighted by atomic mass is 16.5. The molecule has 4 nitrogen and oxygen atoms in total. The van der Waals surface area contributed by atoms with Crippen LogP contribution in [0.2, 0.25) is 0 Å². The van der Waals surface area contributed by atoms with Crippen LogP contribution in [0.15, 0.2) is 0 Å². The van der Waals surface area contributed by atoms with Crippen molar-refractivity contribution in [2.75, 3.05) is 33.8 Å². The summed E-state index contributed by atoms with van der Waals surface area (Å²) in [6.45, 7) is 4.63. The number of hydrogen-bond donors (Lipinski definition) is 1. The zero-order chi connectivity index (χ0) is 13.4. The first-order chi connectivity index (χ1) is 8.67. The Hall–Kier alpha value is -0.610. The summed E-state index contributed by atoms with van der Waals surface area (Å²) in [4.78, 5) is 13.9. The Balaban J connectivity index is 2.34. The van der Waals surface area contributed by atoms with Crippen molar-refractivity contribution in [1.29, 1.82) is 0 Å². The van der Waals surface area contributed by atoms with Crippen LogP contribution in [0, 0.1) is 5.92 Å². The summed E-state index contributed by atoms with van der Waals surface area (Å²) in [5.41, 5.74) is 0. The lowest BCUT2D eigenvalue weighted by Crippen LogP contribution is -2.46. The summed E-state index contributed by atoms with van der Waals surface area (Å²) in [5, 5.41) is 3.19. The van der Waals surface area contributed by atoms with Crippen molar-refractivity contribution in [1.82, 2.24) is 10.2 Å². The molecule has 0 aromatic rings. The fourth-order valence-electron chi connectivity index (χ4n) is 2.81.